The normalized spacial score (nSPS) is 10.3. The Balaban J connectivity index is 1.69. The van der Waals surface area contributed by atoms with Gasteiger partial charge in [0.05, 0.1) is 17.9 Å². The summed E-state index contributed by atoms with van der Waals surface area (Å²) >= 11 is 3.55. The van der Waals surface area contributed by atoms with Crippen LogP contribution in [0.25, 0.3) is 0 Å². The fourth-order valence-corrected chi connectivity index (χ4v) is 2.64. The highest BCUT2D eigenvalue weighted by Gasteiger charge is 2.03. The molecular weight excluding hydrogens is 354 g/mol. The molecule has 0 bridgehead atoms. The Morgan fingerprint density at radius 1 is 1.04 bits per heavy atom. The highest BCUT2D eigenvalue weighted by molar-refractivity contribution is 9.10. The first-order valence-electron chi connectivity index (χ1n) is 7.21. The summed E-state index contributed by atoms with van der Waals surface area (Å²) in [5.74, 6) is 1.29. The Morgan fingerprint density at radius 2 is 1.96 bits per heavy atom. The summed E-state index contributed by atoms with van der Waals surface area (Å²) in [5.41, 5.74) is 3.10. The molecule has 1 aromatic carbocycles. The van der Waals surface area contributed by atoms with Gasteiger partial charge in [-0.1, -0.05) is 12.1 Å². The molecule has 2 heterocycles. The van der Waals surface area contributed by atoms with Gasteiger partial charge in [-0.3, -0.25) is 4.98 Å². The van der Waals surface area contributed by atoms with Crippen LogP contribution in [0.2, 0.25) is 0 Å². The summed E-state index contributed by atoms with van der Waals surface area (Å²) in [6.07, 6.45) is 3.49. The molecule has 23 heavy (non-hydrogen) atoms. The van der Waals surface area contributed by atoms with Gasteiger partial charge >= 0.3 is 0 Å². The lowest BCUT2D eigenvalue weighted by molar-refractivity contribution is 1.00. The number of pyridine rings is 1. The predicted molar refractivity (Wildman–Crippen MR) is 95.8 cm³/mol. The van der Waals surface area contributed by atoms with Gasteiger partial charge in [0.25, 0.3) is 0 Å². The Bertz CT molecular complexity index is 792. The summed E-state index contributed by atoms with van der Waals surface area (Å²) in [6.45, 7) is 2.64. The molecule has 5 nitrogen and oxygen atoms in total. The predicted octanol–water partition coefficient (Wildman–Crippen LogP) is 4.30. The number of halogens is 1. The zero-order chi connectivity index (χ0) is 16.1. The monoisotopic (exact) mass is 369 g/mol. The summed E-state index contributed by atoms with van der Waals surface area (Å²) in [5, 5.41) is 6.46. The number of aryl methyl sites for hydroxylation is 1. The molecule has 0 aliphatic carbocycles. The third-order valence-electron chi connectivity index (χ3n) is 3.20. The van der Waals surface area contributed by atoms with Crippen molar-refractivity contribution in [2.24, 2.45) is 0 Å². The van der Waals surface area contributed by atoms with Gasteiger partial charge < -0.3 is 10.6 Å². The number of benzene rings is 1. The van der Waals surface area contributed by atoms with E-state index >= 15 is 0 Å². The first-order chi connectivity index (χ1) is 11.2. The highest BCUT2D eigenvalue weighted by atomic mass is 79.9. The van der Waals surface area contributed by atoms with E-state index < -0.39 is 0 Å². The molecule has 0 aliphatic heterocycles. The molecule has 0 saturated heterocycles. The molecule has 0 fully saturated rings. The van der Waals surface area contributed by atoms with Crippen LogP contribution in [0.1, 0.15) is 11.3 Å². The van der Waals surface area contributed by atoms with Crippen molar-refractivity contribution in [2.45, 2.75) is 13.5 Å². The molecule has 0 unspecified atom stereocenters. The number of aromatic nitrogens is 3. The van der Waals surface area contributed by atoms with E-state index in [1.165, 1.54) is 5.56 Å². The minimum absolute atomic E-state index is 0.559. The second kappa shape index (κ2) is 7.19. The highest BCUT2D eigenvalue weighted by Crippen LogP contribution is 2.26. The third kappa shape index (κ3) is 4.26. The maximum absolute atomic E-state index is 4.46. The molecular formula is C17H16BrN5. The summed E-state index contributed by atoms with van der Waals surface area (Å²) < 4.78 is 0.999. The van der Waals surface area contributed by atoms with Gasteiger partial charge in [0.1, 0.15) is 5.82 Å². The maximum Gasteiger partial charge on any atom is 0.224 e. The van der Waals surface area contributed by atoms with Crippen LogP contribution in [0.5, 0.6) is 0 Å². The van der Waals surface area contributed by atoms with Crippen molar-refractivity contribution in [2.75, 3.05) is 10.6 Å². The van der Waals surface area contributed by atoms with Crippen molar-refractivity contribution in [1.82, 2.24) is 15.0 Å². The van der Waals surface area contributed by atoms with Crippen LogP contribution in [-0.4, -0.2) is 15.0 Å². The van der Waals surface area contributed by atoms with Gasteiger partial charge in [-0.05, 0) is 58.7 Å². The molecule has 6 heteroatoms. The van der Waals surface area contributed by atoms with E-state index in [0.29, 0.717) is 12.5 Å². The van der Waals surface area contributed by atoms with Crippen molar-refractivity contribution >= 4 is 33.4 Å². The fraction of sp³-hybridized carbons (Fsp3) is 0.118. The number of hydrogen-bond acceptors (Lipinski definition) is 5. The first-order valence-corrected chi connectivity index (χ1v) is 8.00. The number of rotatable bonds is 5. The van der Waals surface area contributed by atoms with Crippen LogP contribution in [0, 0.1) is 6.92 Å². The van der Waals surface area contributed by atoms with E-state index in [4.69, 9.17) is 0 Å². The molecule has 0 aliphatic rings. The van der Waals surface area contributed by atoms with Crippen LogP contribution in [0.4, 0.5) is 17.5 Å². The largest absolute Gasteiger partial charge is 0.349 e. The Labute approximate surface area is 143 Å². The van der Waals surface area contributed by atoms with E-state index in [-0.39, 0.29) is 0 Å². The second-order valence-corrected chi connectivity index (χ2v) is 5.90. The lowest BCUT2D eigenvalue weighted by atomic mass is 10.2. The fourth-order valence-electron chi connectivity index (χ4n) is 2.05. The smallest absolute Gasteiger partial charge is 0.224 e. The zero-order valence-electron chi connectivity index (χ0n) is 12.6. The van der Waals surface area contributed by atoms with E-state index in [1.807, 2.05) is 30.3 Å². The standard InChI is InChI=1S/C17H16BrN5/c1-12-5-6-15(14(18)10-12)22-16-7-9-20-17(23-16)21-11-13-4-2-3-8-19-13/h2-10H,11H2,1H3,(H2,20,21,22,23). The zero-order valence-corrected chi connectivity index (χ0v) is 14.2. The Morgan fingerprint density at radius 3 is 2.74 bits per heavy atom. The third-order valence-corrected chi connectivity index (χ3v) is 3.85. The molecule has 3 rings (SSSR count). The SMILES string of the molecule is Cc1ccc(Nc2ccnc(NCc3ccccn3)n2)c(Br)c1. The molecule has 0 radical (unpaired) electrons. The summed E-state index contributed by atoms with van der Waals surface area (Å²) in [6, 6.07) is 13.8. The number of anilines is 3. The average molecular weight is 370 g/mol. The average Bonchev–Trinajstić information content (AvgIpc) is 2.57. The van der Waals surface area contributed by atoms with Gasteiger partial charge in [0.2, 0.25) is 5.95 Å². The molecule has 0 spiro atoms. The van der Waals surface area contributed by atoms with Crippen molar-refractivity contribution in [3.63, 3.8) is 0 Å². The van der Waals surface area contributed by atoms with E-state index in [0.717, 1.165) is 21.7 Å². The van der Waals surface area contributed by atoms with Crippen molar-refractivity contribution in [3.8, 4) is 0 Å². The van der Waals surface area contributed by atoms with E-state index in [9.17, 15) is 0 Å². The van der Waals surface area contributed by atoms with Crippen molar-refractivity contribution in [3.05, 3.63) is 70.6 Å². The van der Waals surface area contributed by atoms with Crippen LogP contribution in [-0.2, 0) is 6.54 Å². The minimum atomic E-state index is 0.559. The van der Waals surface area contributed by atoms with Crippen molar-refractivity contribution in [1.29, 1.82) is 0 Å². The molecule has 2 N–H and O–H groups in total. The molecule has 3 aromatic rings. The van der Waals surface area contributed by atoms with Gasteiger partial charge in [0.15, 0.2) is 0 Å². The van der Waals surface area contributed by atoms with E-state index in [1.54, 1.807) is 12.4 Å². The number of hydrogen-bond donors (Lipinski definition) is 2. The van der Waals surface area contributed by atoms with Crippen molar-refractivity contribution < 1.29 is 0 Å². The summed E-state index contributed by atoms with van der Waals surface area (Å²) in [4.78, 5) is 13.0. The Kier molecular flexibility index (Phi) is 4.83. The van der Waals surface area contributed by atoms with Crippen LogP contribution < -0.4 is 10.6 Å². The topological polar surface area (TPSA) is 62.7 Å². The Hall–Kier alpha value is -2.47. The lowest BCUT2D eigenvalue weighted by Gasteiger charge is -2.10. The van der Waals surface area contributed by atoms with Gasteiger partial charge in [-0.15, -0.1) is 0 Å². The van der Waals surface area contributed by atoms with Crippen LogP contribution in [0.3, 0.4) is 0 Å². The summed E-state index contributed by atoms with van der Waals surface area (Å²) in [7, 11) is 0. The van der Waals surface area contributed by atoms with E-state index in [2.05, 4.69) is 60.6 Å². The van der Waals surface area contributed by atoms with Gasteiger partial charge in [-0.2, -0.15) is 4.98 Å². The molecule has 0 amide bonds. The maximum atomic E-state index is 4.46. The quantitative estimate of drug-likeness (QED) is 0.701. The number of nitrogens with one attached hydrogen (secondary N) is 2. The second-order valence-electron chi connectivity index (χ2n) is 5.05. The molecule has 116 valence electrons. The van der Waals surface area contributed by atoms with Gasteiger partial charge in [0, 0.05) is 16.9 Å². The van der Waals surface area contributed by atoms with Crippen LogP contribution in [0.15, 0.2) is 59.3 Å². The minimum Gasteiger partial charge on any atom is -0.349 e. The number of nitrogens with zero attached hydrogens (tertiary/aromatic N) is 3. The first kappa shape index (κ1) is 15.4. The van der Waals surface area contributed by atoms with Crippen LogP contribution >= 0.6 is 15.9 Å². The molecule has 0 atom stereocenters. The molecule has 0 saturated carbocycles. The lowest BCUT2D eigenvalue weighted by Crippen LogP contribution is -2.06. The molecule has 2 aromatic heterocycles. The van der Waals surface area contributed by atoms with Gasteiger partial charge in [-0.25, -0.2) is 4.98 Å².